The molecule has 0 bridgehead atoms. The number of carbonyl (C=O) groups excluding carboxylic acids is 1. The highest BCUT2D eigenvalue weighted by molar-refractivity contribution is 5.84. The summed E-state index contributed by atoms with van der Waals surface area (Å²) < 4.78 is 5.32. The molecular weight excluding hydrogens is 398 g/mol. The molecule has 1 aromatic heterocycles. The van der Waals surface area contributed by atoms with E-state index < -0.39 is 0 Å². The Hall–Kier alpha value is -3.57. The number of aromatic amines is 1. The lowest BCUT2D eigenvalue weighted by atomic mass is 9.90. The van der Waals surface area contributed by atoms with Gasteiger partial charge in [-0.2, -0.15) is 0 Å². The van der Waals surface area contributed by atoms with Gasteiger partial charge in [0, 0.05) is 36.1 Å². The zero-order valence-corrected chi connectivity index (χ0v) is 18.5. The van der Waals surface area contributed by atoms with Crippen LogP contribution in [0.5, 0.6) is 5.75 Å². The molecule has 32 heavy (non-hydrogen) atoms. The number of hydrogen-bond acceptors (Lipinski definition) is 3. The summed E-state index contributed by atoms with van der Waals surface area (Å²) in [5.74, 6) is 0.861. The summed E-state index contributed by atoms with van der Waals surface area (Å²) in [7, 11) is 3.63. The molecule has 1 amide bonds. The smallest absolute Gasteiger partial charge is 0.234 e. The van der Waals surface area contributed by atoms with E-state index in [1.54, 1.807) is 7.11 Å². The summed E-state index contributed by atoms with van der Waals surface area (Å²) in [6.07, 6.45) is 2.05. The molecule has 1 heterocycles. The maximum atomic E-state index is 12.7. The van der Waals surface area contributed by atoms with Gasteiger partial charge in [0.2, 0.25) is 5.91 Å². The molecular formula is C27H29N3O2. The van der Waals surface area contributed by atoms with Crippen LogP contribution in [0, 0.1) is 0 Å². The van der Waals surface area contributed by atoms with Crippen molar-refractivity contribution < 1.29 is 9.53 Å². The van der Waals surface area contributed by atoms with Crippen molar-refractivity contribution in [2.45, 2.75) is 12.5 Å². The van der Waals surface area contributed by atoms with Gasteiger partial charge in [-0.05, 0) is 41.9 Å². The Morgan fingerprint density at radius 2 is 1.72 bits per heavy atom. The van der Waals surface area contributed by atoms with Gasteiger partial charge < -0.3 is 15.0 Å². The summed E-state index contributed by atoms with van der Waals surface area (Å²) in [6.45, 7) is 1.60. The first-order chi connectivity index (χ1) is 15.6. The summed E-state index contributed by atoms with van der Waals surface area (Å²) in [6, 6.07) is 26.5. The quantitative estimate of drug-likeness (QED) is 0.412. The van der Waals surface area contributed by atoms with Crippen molar-refractivity contribution in [3.8, 4) is 5.75 Å². The molecule has 5 heteroatoms. The predicted molar refractivity (Wildman–Crippen MR) is 129 cm³/mol. The molecule has 0 saturated heterocycles. The van der Waals surface area contributed by atoms with E-state index in [1.807, 2.05) is 60.6 Å². The van der Waals surface area contributed by atoms with Gasteiger partial charge in [0.1, 0.15) is 5.75 Å². The van der Waals surface area contributed by atoms with Crippen molar-refractivity contribution in [1.82, 2.24) is 15.2 Å². The van der Waals surface area contributed by atoms with E-state index in [4.69, 9.17) is 4.74 Å². The van der Waals surface area contributed by atoms with Crippen LogP contribution in [0.1, 0.15) is 22.6 Å². The molecule has 0 fully saturated rings. The Labute approximate surface area is 189 Å². The molecule has 164 valence electrons. The van der Waals surface area contributed by atoms with Crippen LogP contribution in [0.25, 0.3) is 10.9 Å². The van der Waals surface area contributed by atoms with Gasteiger partial charge in [-0.1, -0.05) is 60.7 Å². The first-order valence-corrected chi connectivity index (χ1v) is 10.8. The number of H-pyrrole nitrogens is 1. The van der Waals surface area contributed by atoms with Gasteiger partial charge in [0.15, 0.2) is 0 Å². The predicted octanol–water partition coefficient (Wildman–Crippen LogP) is 4.56. The van der Waals surface area contributed by atoms with Crippen LogP contribution in [0.15, 0.2) is 85.1 Å². The number of amides is 1. The second-order valence-corrected chi connectivity index (χ2v) is 8.08. The van der Waals surface area contributed by atoms with E-state index in [2.05, 4.69) is 46.7 Å². The molecule has 4 rings (SSSR count). The number of fused-ring (bicyclic) bond motifs is 1. The molecule has 2 N–H and O–H groups in total. The normalized spacial score (nSPS) is 12.1. The number of likely N-dealkylation sites (N-methyl/N-ethyl adjacent to an activating group) is 1. The second kappa shape index (κ2) is 10.2. The Morgan fingerprint density at radius 3 is 2.47 bits per heavy atom. The molecule has 1 atom stereocenters. The molecule has 0 saturated carbocycles. The third-order valence-electron chi connectivity index (χ3n) is 5.73. The average molecular weight is 428 g/mol. The largest absolute Gasteiger partial charge is 0.497 e. The fourth-order valence-electron chi connectivity index (χ4n) is 4.09. The lowest BCUT2D eigenvalue weighted by Gasteiger charge is -2.20. The Bertz CT molecular complexity index is 1150. The summed E-state index contributed by atoms with van der Waals surface area (Å²) >= 11 is 0. The van der Waals surface area contributed by atoms with Gasteiger partial charge in [-0.3, -0.25) is 9.69 Å². The van der Waals surface area contributed by atoms with Crippen LogP contribution in [0.4, 0.5) is 0 Å². The van der Waals surface area contributed by atoms with E-state index in [-0.39, 0.29) is 11.8 Å². The van der Waals surface area contributed by atoms with Crippen molar-refractivity contribution in [3.05, 3.63) is 102 Å². The zero-order valence-electron chi connectivity index (χ0n) is 18.5. The highest BCUT2D eigenvalue weighted by Gasteiger charge is 2.19. The van der Waals surface area contributed by atoms with Gasteiger partial charge in [-0.25, -0.2) is 0 Å². The van der Waals surface area contributed by atoms with Gasteiger partial charge in [0.05, 0.1) is 13.7 Å². The Morgan fingerprint density at radius 1 is 1.00 bits per heavy atom. The van der Waals surface area contributed by atoms with E-state index in [9.17, 15) is 4.79 Å². The van der Waals surface area contributed by atoms with Crippen LogP contribution in [-0.4, -0.2) is 43.0 Å². The maximum absolute atomic E-state index is 12.7. The fourth-order valence-corrected chi connectivity index (χ4v) is 4.09. The van der Waals surface area contributed by atoms with Crippen LogP contribution < -0.4 is 10.1 Å². The molecule has 0 radical (unpaired) electrons. The standard InChI is InChI=1S/C27H29N3O2/c1-30(18-20-8-4-3-5-9-20)19-27(31)29-16-24(21-12-14-22(32-2)15-13-21)25-17-28-26-11-7-6-10-23(25)26/h3-15,17,24,28H,16,18-19H2,1-2H3,(H,29,31)/t24-/m0/s1. The maximum Gasteiger partial charge on any atom is 0.234 e. The number of hydrogen-bond donors (Lipinski definition) is 2. The first-order valence-electron chi connectivity index (χ1n) is 10.8. The minimum atomic E-state index is 0.0155. The summed E-state index contributed by atoms with van der Waals surface area (Å²) in [5, 5.41) is 4.32. The van der Waals surface area contributed by atoms with Gasteiger partial charge in [-0.15, -0.1) is 0 Å². The number of para-hydroxylation sites is 1. The van der Waals surface area contributed by atoms with E-state index in [1.165, 1.54) is 16.5 Å². The van der Waals surface area contributed by atoms with Crippen LogP contribution in [-0.2, 0) is 11.3 Å². The summed E-state index contributed by atoms with van der Waals surface area (Å²) in [5.41, 5.74) is 4.59. The summed E-state index contributed by atoms with van der Waals surface area (Å²) in [4.78, 5) is 18.1. The molecule has 0 spiro atoms. The second-order valence-electron chi connectivity index (χ2n) is 8.08. The van der Waals surface area contributed by atoms with Crippen molar-refractivity contribution in [1.29, 1.82) is 0 Å². The molecule has 0 aliphatic rings. The lowest BCUT2D eigenvalue weighted by Crippen LogP contribution is -2.37. The van der Waals surface area contributed by atoms with Crippen molar-refractivity contribution >= 4 is 16.8 Å². The van der Waals surface area contributed by atoms with Crippen LogP contribution in [0.2, 0.25) is 0 Å². The molecule has 0 unspecified atom stereocenters. The van der Waals surface area contributed by atoms with E-state index in [0.29, 0.717) is 13.1 Å². The average Bonchev–Trinajstić information content (AvgIpc) is 3.24. The topological polar surface area (TPSA) is 57.4 Å². The first kappa shape index (κ1) is 21.7. The zero-order chi connectivity index (χ0) is 22.3. The number of methoxy groups -OCH3 is 1. The molecule has 4 aromatic rings. The lowest BCUT2D eigenvalue weighted by molar-refractivity contribution is -0.122. The van der Waals surface area contributed by atoms with Crippen LogP contribution in [0.3, 0.4) is 0 Å². The van der Waals surface area contributed by atoms with E-state index >= 15 is 0 Å². The van der Waals surface area contributed by atoms with Gasteiger partial charge in [0.25, 0.3) is 0 Å². The fraction of sp³-hybridized carbons (Fsp3) is 0.222. The number of aromatic nitrogens is 1. The van der Waals surface area contributed by atoms with Crippen molar-refractivity contribution in [2.24, 2.45) is 0 Å². The minimum Gasteiger partial charge on any atom is -0.497 e. The molecule has 0 aliphatic carbocycles. The molecule has 0 aliphatic heterocycles. The number of benzene rings is 3. The number of carbonyl (C=O) groups is 1. The highest BCUT2D eigenvalue weighted by atomic mass is 16.5. The highest BCUT2D eigenvalue weighted by Crippen LogP contribution is 2.31. The van der Waals surface area contributed by atoms with Crippen LogP contribution >= 0.6 is 0 Å². The number of ether oxygens (including phenoxy) is 1. The number of rotatable bonds is 9. The third kappa shape index (κ3) is 5.18. The van der Waals surface area contributed by atoms with Crippen molar-refractivity contribution in [2.75, 3.05) is 27.2 Å². The Kier molecular flexibility index (Phi) is 6.87. The van der Waals surface area contributed by atoms with Crippen molar-refractivity contribution in [3.63, 3.8) is 0 Å². The Balaban J connectivity index is 1.48. The third-order valence-corrected chi connectivity index (χ3v) is 5.73. The van der Waals surface area contributed by atoms with Gasteiger partial charge >= 0.3 is 0 Å². The monoisotopic (exact) mass is 427 g/mol. The SMILES string of the molecule is COc1ccc([C@H](CNC(=O)CN(C)Cc2ccccc2)c2c[nH]c3ccccc23)cc1. The molecule has 3 aromatic carbocycles. The van der Waals surface area contributed by atoms with E-state index in [0.717, 1.165) is 23.4 Å². The molecule has 5 nitrogen and oxygen atoms in total. The minimum absolute atomic E-state index is 0.0155. The number of nitrogens with zero attached hydrogens (tertiary/aromatic N) is 1. The number of nitrogens with one attached hydrogen (secondary N) is 2.